The minimum atomic E-state index is -0.181. The maximum Gasteiger partial charge on any atom is 0.246 e. The van der Waals surface area contributed by atoms with E-state index in [0.29, 0.717) is 13.0 Å². The van der Waals surface area contributed by atoms with Crippen molar-refractivity contribution in [3.63, 3.8) is 0 Å². The average molecular weight is 219 g/mol. The highest BCUT2D eigenvalue weighted by molar-refractivity contribution is 5.77. The second kappa shape index (κ2) is 8.64. The molecule has 1 atom stereocenters. The summed E-state index contributed by atoms with van der Waals surface area (Å²) in [6, 6.07) is -0.150. The van der Waals surface area contributed by atoms with Crippen LogP contribution in [-0.2, 0) is 14.3 Å². The average Bonchev–Trinajstić information content (AvgIpc) is 2.15. The van der Waals surface area contributed by atoms with E-state index in [-0.39, 0.29) is 31.3 Å². The molecule has 0 aromatic rings. The molecule has 5 heteroatoms. The van der Waals surface area contributed by atoms with E-state index in [4.69, 9.17) is 14.6 Å². The lowest BCUT2D eigenvalue weighted by Crippen LogP contribution is -2.40. The summed E-state index contributed by atoms with van der Waals surface area (Å²) >= 11 is 0. The van der Waals surface area contributed by atoms with Crippen LogP contribution in [0.1, 0.15) is 20.3 Å². The Bertz CT molecular complexity index is 167. The highest BCUT2D eigenvalue weighted by Crippen LogP contribution is 1.93. The molecule has 0 bridgehead atoms. The maximum atomic E-state index is 11.3. The lowest BCUT2D eigenvalue weighted by atomic mass is 10.2. The van der Waals surface area contributed by atoms with Crippen LogP contribution in [0.15, 0.2) is 0 Å². The van der Waals surface area contributed by atoms with Crippen LogP contribution in [-0.4, -0.2) is 50.1 Å². The molecule has 0 saturated heterocycles. The maximum absolute atomic E-state index is 11.3. The Kier molecular flexibility index (Phi) is 8.27. The van der Waals surface area contributed by atoms with Crippen LogP contribution in [0.4, 0.5) is 0 Å². The van der Waals surface area contributed by atoms with Crippen molar-refractivity contribution in [3.8, 4) is 0 Å². The van der Waals surface area contributed by atoms with Crippen LogP contribution in [0.3, 0.4) is 0 Å². The molecule has 0 aliphatic heterocycles. The van der Waals surface area contributed by atoms with Gasteiger partial charge in [0.2, 0.25) is 5.91 Å². The van der Waals surface area contributed by atoms with Crippen molar-refractivity contribution in [2.45, 2.75) is 32.4 Å². The number of nitrogens with one attached hydrogen (secondary N) is 1. The third-order valence-electron chi connectivity index (χ3n) is 1.76. The van der Waals surface area contributed by atoms with Gasteiger partial charge in [-0.25, -0.2) is 0 Å². The normalized spacial score (nSPS) is 12.9. The van der Waals surface area contributed by atoms with Gasteiger partial charge in [0.25, 0.3) is 0 Å². The Morgan fingerprint density at radius 1 is 1.47 bits per heavy atom. The predicted octanol–water partition coefficient (Wildman–Crippen LogP) is -0.0750. The SMILES string of the molecule is COCC(CCO)NC(=O)COC(C)C. The number of rotatable bonds is 8. The quantitative estimate of drug-likeness (QED) is 0.599. The number of carbonyl (C=O) groups is 1. The van der Waals surface area contributed by atoms with Crippen LogP contribution < -0.4 is 5.32 Å². The minimum absolute atomic E-state index is 0.0271. The molecule has 0 fully saturated rings. The molecule has 5 nitrogen and oxygen atoms in total. The second-order valence-electron chi connectivity index (χ2n) is 3.59. The molecular formula is C10H21NO4. The van der Waals surface area contributed by atoms with Crippen molar-refractivity contribution in [1.82, 2.24) is 5.32 Å². The van der Waals surface area contributed by atoms with Gasteiger partial charge < -0.3 is 19.9 Å². The van der Waals surface area contributed by atoms with Crippen molar-refractivity contribution in [1.29, 1.82) is 0 Å². The zero-order valence-electron chi connectivity index (χ0n) is 9.66. The zero-order chi connectivity index (χ0) is 11.7. The summed E-state index contributed by atoms with van der Waals surface area (Å²) in [4.78, 5) is 11.3. The first-order valence-corrected chi connectivity index (χ1v) is 5.11. The van der Waals surface area contributed by atoms with Crippen molar-refractivity contribution < 1.29 is 19.4 Å². The first kappa shape index (κ1) is 14.3. The highest BCUT2D eigenvalue weighted by atomic mass is 16.5. The van der Waals surface area contributed by atoms with E-state index in [9.17, 15) is 4.79 Å². The summed E-state index contributed by atoms with van der Waals surface area (Å²) in [5.41, 5.74) is 0. The van der Waals surface area contributed by atoms with Gasteiger partial charge >= 0.3 is 0 Å². The van der Waals surface area contributed by atoms with Crippen molar-refractivity contribution in [2.75, 3.05) is 26.9 Å². The largest absolute Gasteiger partial charge is 0.396 e. The van der Waals surface area contributed by atoms with E-state index in [1.807, 2.05) is 13.8 Å². The lowest BCUT2D eigenvalue weighted by molar-refractivity contribution is -0.128. The van der Waals surface area contributed by atoms with Crippen LogP contribution in [0.5, 0.6) is 0 Å². The van der Waals surface area contributed by atoms with E-state index in [0.717, 1.165) is 0 Å². The zero-order valence-corrected chi connectivity index (χ0v) is 9.66. The Balaban J connectivity index is 3.77. The number of hydrogen-bond donors (Lipinski definition) is 2. The molecule has 0 aromatic heterocycles. The van der Waals surface area contributed by atoms with E-state index in [1.54, 1.807) is 7.11 Å². The fraction of sp³-hybridized carbons (Fsp3) is 0.900. The van der Waals surface area contributed by atoms with Gasteiger partial charge in [0.05, 0.1) is 18.8 Å². The molecule has 90 valence electrons. The monoisotopic (exact) mass is 219 g/mol. The fourth-order valence-corrected chi connectivity index (χ4v) is 1.07. The Morgan fingerprint density at radius 3 is 2.60 bits per heavy atom. The van der Waals surface area contributed by atoms with Crippen molar-refractivity contribution >= 4 is 5.91 Å². The summed E-state index contributed by atoms with van der Waals surface area (Å²) in [6.45, 7) is 4.21. The second-order valence-corrected chi connectivity index (χ2v) is 3.59. The van der Waals surface area contributed by atoms with Gasteiger partial charge in [-0.2, -0.15) is 0 Å². The molecule has 2 N–H and O–H groups in total. The number of ether oxygens (including phenoxy) is 2. The fourth-order valence-electron chi connectivity index (χ4n) is 1.07. The van der Waals surface area contributed by atoms with E-state index in [2.05, 4.69) is 5.32 Å². The number of amides is 1. The number of aliphatic hydroxyl groups is 1. The number of aliphatic hydroxyl groups excluding tert-OH is 1. The number of carbonyl (C=O) groups excluding carboxylic acids is 1. The van der Waals surface area contributed by atoms with E-state index in [1.165, 1.54) is 0 Å². The van der Waals surface area contributed by atoms with Gasteiger partial charge in [0, 0.05) is 13.7 Å². The van der Waals surface area contributed by atoms with Crippen LogP contribution in [0.25, 0.3) is 0 Å². The van der Waals surface area contributed by atoms with Crippen LogP contribution >= 0.6 is 0 Å². The molecule has 0 heterocycles. The molecule has 0 aliphatic rings. The first-order chi connectivity index (χ1) is 7.10. The van der Waals surface area contributed by atoms with Gasteiger partial charge in [-0.15, -0.1) is 0 Å². The molecule has 15 heavy (non-hydrogen) atoms. The molecule has 0 saturated carbocycles. The number of methoxy groups -OCH3 is 1. The summed E-state index contributed by atoms with van der Waals surface area (Å²) in [7, 11) is 1.56. The number of hydrogen-bond acceptors (Lipinski definition) is 4. The summed E-state index contributed by atoms with van der Waals surface area (Å²) in [5.74, 6) is -0.181. The van der Waals surface area contributed by atoms with E-state index < -0.39 is 0 Å². The van der Waals surface area contributed by atoms with Crippen LogP contribution in [0.2, 0.25) is 0 Å². The molecule has 0 spiro atoms. The smallest absolute Gasteiger partial charge is 0.246 e. The first-order valence-electron chi connectivity index (χ1n) is 5.11. The van der Waals surface area contributed by atoms with Gasteiger partial charge in [-0.3, -0.25) is 4.79 Å². The lowest BCUT2D eigenvalue weighted by Gasteiger charge is -2.17. The molecule has 1 unspecified atom stereocenters. The highest BCUT2D eigenvalue weighted by Gasteiger charge is 2.11. The minimum Gasteiger partial charge on any atom is -0.396 e. The Hall–Kier alpha value is -0.650. The van der Waals surface area contributed by atoms with Gasteiger partial charge in [-0.05, 0) is 20.3 Å². The summed E-state index contributed by atoms with van der Waals surface area (Å²) < 4.78 is 10.1. The predicted molar refractivity (Wildman–Crippen MR) is 56.6 cm³/mol. The van der Waals surface area contributed by atoms with Gasteiger partial charge in [-0.1, -0.05) is 0 Å². The van der Waals surface area contributed by atoms with Crippen LogP contribution in [0, 0.1) is 0 Å². The van der Waals surface area contributed by atoms with Gasteiger partial charge in [0.15, 0.2) is 0 Å². The van der Waals surface area contributed by atoms with Crippen molar-refractivity contribution in [3.05, 3.63) is 0 Å². The Morgan fingerprint density at radius 2 is 2.13 bits per heavy atom. The van der Waals surface area contributed by atoms with Gasteiger partial charge in [0.1, 0.15) is 6.61 Å². The molecule has 0 aliphatic carbocycles. The standard InChI is InChI=1S/C10H21NO4/c1-8(2)15-7-10(13)11-9(4-5-12)6-14-3/h8-9,12H,4-7H2,1-3H3,(H,11,13). The third kappa shape index (κ3) is 8.35. The molecule has 1 amide bonds. The topological polar surface area (TPSA) is 67.8 Å². The van der Waals surface area contributed by atoms with Crippen molar-refractivity contribution in [2.24, 2.45) is 0 Å². The third-order valence-corrected chi connectivity index (χ3v) is 1.76. The molecular weight excluding hydrogens is 198 g/mol. The summed E-state index contributed by atoms with van der Waals surface area (Å²) in [6.07, 6.45) is 0.524. The van der Waals surface area contributed by atoms with E-state index >= 15 is 0 Å². The summed E-state index contributed by atoms with van der Waals surface area (Å²) in [5, 5.41) is 11.5. The molecule has 0 radical (unpaired) electrons. The molecule has 0 aromatic carbocycles. The molecule has 0 rings (SSSR count). The Labute approximate surface area is 90.8 Å².